The van der Waals surface area contributed by atoms with Gasteiger partial charge in [-0.15, -0.1) is 0 Å². The summed E-state index contributed by atoms with van der Waals surface area (Å²) >= 11 is 0. The Morgan fingerprint density at radius 3 is 1.30 bits per heavy atom. The minimum atomic E-state index is -0.875. The number of hydrogen-bond donors (Lipinski definition) is 1. The lowest BCUT2D eigenvalue weighted by molar-refractivity contribution is -0.887. The SMILES string of the molecule is CCCCC/C=C/CCCCCCCC(=O)OCC(COCCC(C(=O)O)[N+](C)(C)C)OC(=O)CCCCCCCCC/C=C/CCCCCCCCCCCC. The van der Waals surface area contributed by atoms with E-state index >= 15 is 0 Å². The summed E-state index contributed by atoms with van der Waals surface area (Å²) in [4.78, 5) is 37.0. The summed E-state index contributed by atoms with van der Waals surface area (Å²) in [5, 5.41) is 9.63. The number of aliphatic carboxylic acids is 1. The van der Waals surface area contributed by atoms with Gasteiger partial charge in [-0.2, -0.15) is 0 Å². The van der Waals surface area contributed by atoms with Crippen LogP contribution in [0, 0.1) is 0 Å². The number of esters is 2. The predicted octanol–water partition coefficient (Wildman–Crippen LogP) is 13.3. The first-order valence-electron chi connectivity index (χ1n) is 23.9. The Bertz CT molecular complexity index is 989. The van der Waals surface area contributed by atoms with Gasteiger partial charge in [-0.3, -0.25) is 9.59 Å². The molecule has 334 valence electrons. The number of carboxylic acids is 1. The molecule has 0 spiro atoms. The van der Waals surface area contributed by atoms with Gasteiger partial charge >= 0.3 is 17.9 Å². The Morgan fingerprint density at radius 1 is 0.509 bits per heavy atom. The molecule has 1 N–H and O–H groups in total. The third-order valence-electron chi connectivity index (χ3n) is 10.8. The van der Waals surface area contributed by atoms with Crippen LogP contribution in [0.25, 0.3) is 0 Å². The van der Waals surface area contributed by atoms with E-state index in [4.69, 9.17) is 14.2 Å². The van der Waals surface area contributed by atoms with Crippen LogP contribution in [0.5, 0.6) is 0 Å². The van der Waals surface area contributed by atoms with Gasteiger partial charge in [0.15, 0.2) is 12.1 Å². The van der Waals surface area contributed by atoms with Crippen molar-refractivity contribution in [3.8, 4) is 0 Å². The van der Waals surface area contributed by atoms with Crippen LogP contribution in [0.3, 0.4) is 0 Å². The fourth-order valence-electron chi connectivity index (χ4n) is 7.08. The van der Waals surface area contributed by atoms with Gasteiger partial charge in [-0.1, -0.05) is 160 Å². The van der Waals surface area contributed by atoms with Gasteiger partial charge in [-0.25, -0.2) is 4.79 Å². The highest BCUT2D eigenvalue weighted by Crippen LogP contribution is 2.15. The number of ether oxygens (including phenoxy) is 3. The molecule has 0 heterocycles. The van der Waals surface area contributed by atoms with Gasteiger partial charge in [0, 0.05) is 19.3 Å². The smallest absolute Gasteiger partial charge is 0.362 e. The molecule has 0 saturated carbocycles. The van der Waals surface area contributed by atoms with E-state index in [1.54, 1.807) is 0 Å². The largest absolute Gasteiger partial charge is 0.477 e. The second kappa shape index (κ2) is 40.6. The number of likely N-dealkylation sites (N-methyl/N-ethyl adjacent to an activating group) is 1. The van der Waals surface area contributed by atoms with E-state index < -0.39 is 18.1 Å². The van der Waals surface area contributed by atoms with Crippen molar-refractivity contribution >= 4 is 17.9 Å². The number of hydrogen-bond acceptors (Lipinski definition) is 6. The van der Waals surface area contributed by atoms with E-state index in [1.165, 1.54) is 135 Å². The molecule has 0 radical (unpaired) electrons. The summed E-state index contributed by atoms with van der Waals surface area (Å²) in [6, 6.07) is -0.614. The summed E-state index contributed by atoms with van der Waals surface area (Å²) in [5.74, 6) is -1.47. The Labute approximate surface area is 351 Å². The number of allylic oxidation sites excluding steroid dienone is 4. The number of nitrogens with zero attached hydrogens (tertiary/aromatic N) is 1. The molecular formula is C49H92NO7+. The van der Waals surface area contributed by atoms with Crippen molar-refractivity contribution in [2.45, 2.75) is 231 Å². The van der Waals surface area contributed by atoms with Crippen molar-refractivity contribution in [1.29, 1.82) is 0 Å². The summed E-state index contributed by atoms with van der Waals surface area (Å²) in [7, 11) is 5.53. The number of carboxylic acid groups (broad SMARTS) is 1. The molecule has 8 nitrogen and oxygen atoms in total. The third-order valence-corrected chi connectivity index (χ3v) is 10.8. The molecule has 2 unspecified atom stereocenters. The highest BCUT2D eigenvalue weighted by atomic mass is 16.6. The Kier molecular flexibility index (Phi) is 39.0. The van der Waals surface area contributed by atoms with Gasteiger partial charge in [0.2, 0.25) is 0 Å². The monoisotopic (exact) mass is 807 g/mol. The molecule has 0 fully saturated rings. The van der Waals surface area contributed by atoms with E-state index in [2.05, 4.69) is 38.2 Å². The Balaban J connectivity index is 4.25. The second-order valence-corrected chi connectivity index (χ2v) is 17.4. The number of rotatable bonds is 43. The predicted molar refractivity (Wildman–Crippen MR) is 238 cm³/mol. The van der Waals surface area contributed by atoms with Crippen LogP contribution in [0.1, 0.15) is 219 Å². The van der Waals surface area contributed by atoms with E-state index in [0.29, 0.717) is 19.3 Å². The Morgan fingerprint density at radius 2 is 0.877 bits per heavy atom. The van der Waals surface area contributed by atoms with Crippen molar-refractivity contribution in [2.75, 3.05) is 41.0 Å². The van der Waals surface area contributed by atoms with Crippen molar-refractivity contribution in [2.24, 2.45) is 0 Å². The van der Waals surface area contributed by atoms with Gasteiger partial charge in [0.25, 0.3) is 0 Å². The summed E-state index contributed by atoms with van der Waals surface area (Å²) in [6.07, 6.45) is 45.1. The number of carbonyl (C=O) groups is 3. The zero-order valence-corrected chi connectivity index (χ0v) is 38.1. The average Bonchev–Trinajstić information content (AvgIpc) is 3.17. The molecule has 2 atom stereocenters. The molecule has 8 heteroatoms. The van der Waals surface area contributed by atoms with E-state index in [-0.39, 0.29) is 36.2 Å². The lowest BCUT2D eigenvalue weighted by Gasteiger charge is -2.31. The molecule has 0 aromatic rings. The normalized spacial score (nSPS) is 13.1. The minimum absolute atomic E-state index is 0.0542. The number of unbranched alkanes of at least 4 members (excludes halogenated alkanes) is 25. The van der Waals surface area contributed by atoms with E-state index in [9.17, 15) is 19.5 Å². The van der Waals surface area contributed by atoms with E-state index in [0.717, 1.165) is 51.4 Å². The van der Waals surface area contributed by atoms with Crippen molar-refractivity contribution < 1.29 is 38.2 Å². The van der Waals surface area contributed by atoms with Crippen LogP contribution in [0.4, 0.5) is 0 Å². The molecule has 0 aromatic heterocycles. The summed E-state index contributed by atoms with van der Waals surface area (Å²) in [5.41, 5.74) is 0. The lowest BCUT2D eigenvalue weighted by atomic mass is 10.1. The van der Waals surface area contributed by atoms with E-state index in [1.807, 2.05) is 21.1 Å². The fraction of sp³-hybridized carbons (Fsp3) is 0.857. The molecule has 0 aromatic carbocycles. The van der Waals surface area contributed by atoms with Crippen LogP contribution in [0.15, 0.2) is 24.3 Å². The van der Waals surface area contributed by atoms with Crippen molar-refractivity contribution in [3.05, 3.63) is 24.3 Å². The highest BCUT2D eigenvalue weighted by molar-refractivity contribution is 5.72. The molecule has 0 rings (SSSR count). The first-order chi connectivity index (χ1) is 27.6. The highest BCUT2D eigenvalue weighted by Gasteiger charge is 2.31. The van der Waals surface area contributed by atoms with Gasteiger partial charge in [0.1, 0.15) is 6.61 Å². The second-order valence-electron chi connectivity index (χ2n) is 17.4. The Hall–Kier alpha value is -2.19. The molecule has 0 amide bonds. The zero-order chi connectivity index (χ0) is 42.1. The van der Waals surface area contributed by atoms with Crippen molar-refractivity contribution in [1.82, 2.24) is 0 Å². The molecular weight excluding hydrogens is 715 g/mol. The third kappa shape index (κ3) is 39.1. The minimum Gasteiger partial charge on any atom is -0.477 e. The molecule has 0 saturated heterocycles. The number of quaternary nitrogens is 1. The zero-order valence-electron chi connectivity index (χ0n) is 38.1. The van der Waals surface area contributed by atoms with Crippen LogP contribution in [-0.4, -0.2) is 80.6 Å². The maximum atomic E-state index is 12.7. The summed E-state index contributed by atoms with van der Waals surface area (Å²) in [6.45, 7) is 4.72. The maximum absolute atomic E-state index is 12.7. The first kappa shape index (κ1) is 54.8. The van der Waals surface area contributed by atoms with Gasteiger partial charge in [0.05, 0.1) is 34.4 Å². The quantitative estimate of drug-likeness (QED) is 0.0283. The number of carbonyl (C=O) groups excluding carboxylic acids is 2. The average molecular weight is 807 g/mol. The first-order valence-corrected chi connectivity index (χ1v) is 23.9. The molecule has 0 aliphatic rings. The van der Waals surface area contributed by atoms with Gasteiger partial charge in [-0.05, 0) is 64.2 Å². The van der Waals surface area contributed by atoms with Crippen LogP contribution >= 0.6 is 0 Å². The lowest BCUT2D eigenvalue weighted by Crippen LogP contribution is -2.50. The molecule has 57 heavy (non-hydrogen) atoms. The van der Waals surface area contributed by atoms with Crippen LogP contribution < -0.4 is 0 Å². The summed E-state index contributed by atoms with van der Waals surface area (Å²) < 4.78 is 17.3. The molecule has 0 bridgehead atoms. The maximum Gasteiger partial charge on any atom is 0.362 e. The van der Waals surface area contributed by atoms with Crippen LogP contribution in [-0.2, 0) is 28.6 Å². The topological polar surface area (TPSA) is 99.1 Å². The van der Waals surface area contributed by atoms with Crippen molar-refractivity contribution in [3.63, 3.8) is 0 Å². The fourth-order valence-corrected chi connectivity index (χ4v) is 7.08. The van der Waals surface area contributed by atoms with Crippen LogP contribution in [0.2, 0.25) is 0 Å². The molecule has 0 aliphatic heterocycles. The molecule has 0 aliphatic carbocycles. The van der Waals surface area contributed by atoms with Gasteiger partial charge < -0.3 is 23.8 Å². The standard InChI is InChI=1S/C49H91NO7/c1-6-8-10-12-14-16-18-20-21-22-23-24-25-26-27-28-30-32-34-36-38-40-48(52)57-45(43-55-42-41-46(49(53)54)50(3,4)5)44-56-47(51)39-37-35-33-31-29-19-17-15-13-11-9-7-2/h15,17,24-25,45-46H,6-14,16,18-23,26-44H2,1-5H3/p+1/b17-15+,25-24+.